The molecular formula is C19H21N3O4. The average Bonchev–Trinajstić information content (AvgIpc) is 2.60. The van der Waals surface area contributed by atoms with Gasteiger partial charge in [-0.05, 0) is 40.8 Å². The summed E-state index contributed by atoms with van der Waals surface area (Å²) in [6, 6.07) is 13.4. The SMILES string of the molecule is CC(C)(C)c1ccc(OCC(=O)N/N=C/c2ccc([N+](=O)[O-])cc2)cc1. The smallest absolute Gasteiger partial charge is 0.277 e. The summed E-state index contributed by atoms with van der Waals surface area (Å²) in [5, 5.41) is 14.4. The summed E-state index contributed by atoms with van der Waals surface area (Å²) in [5.74, 6) is 0.204. The van der Waals surface area contributed by atoms with Gasteiger partial charge >= 0.3 is 0 Å². The van der Waals surface area contributed by atoms with Gasteiger partial charge in [-0.3, -0.25) is 14.9 Å². The number of hydrogen-bond donors (Lipinski definition) is 1. The maximum Gasteiger partial charge on any atom is 0.277 e. The summed E-state index contributed by atoms with van der Waals surface area (Å²) in [5.41, 5.74) is 4.22. The van der Waals surface area contributed by atoms with Gasteiger partial charge in [-0.25, -0.2) is 5.43 Å². The summed E-state index contributed by atoms with van der Waals surface area (Å²) in [4.78, 5) is 21.8. The van der Waals surface area contributed by atoms with Gasteiger partial charge in [0, 0.05) is 12.1 Å². The molecule has 7 nitrogen and oxygen atoms in total. The van der Waals surface area contributed by atoms with E-state index in [1.54, 1.807) is 12.1 Å². The molecule has 0 radical (unpaired) electrons. The number of carbonyl (C=O) groups is 1. The highest BCUT2D eigenvalue weighted by molar-refractivity contribution is 5.83. The average molecular weight is 355 g/mol. The number of ether oxygens (including phenoxy) is 1. The van der Waals surface area contributed by atoms with E-state index in [0.29, 0.717) is 11.3 Å². The van der Waals surface area contributed by atoms with E-state index in [-0.39, 0.29) is 17.7 Å². The molecule has 0 aromatic heterocycles. The summed E-state index contributed by atoms with van der Waals surface area (Å²) in [7, 11) is 0. The number of nitro groups is 1. The van der Waals surface area contributed by atoms with E-state index in [2.05, 4.69) is 31.3 Å². The summed E-state index contributed by atoms with van der Waals surface area (Å²) < 4.78 is 5.42. The number of carbonyl (C=O) groups excluding carboxylic acids is 1. The lowest BCUT2D eigenvalue weighted by Crippen LogP contribution is -2.24. The van der Waals surface area contributed by atoms with Crippen molar-refractivity contribution >= 4 is 17.8 Å². The lowest BCUT2D eigenvalue weighted by Gasteiger charge is -2.19. The molecular weight excluding hydrogens is 334 g/mol. The highest BCUT2D eigenvalue weighted by Gasteiger charge is 2.13. The maximum absolute atomic E-state index is 11.7. The van der Waals surface area contributed by atoms with Crippen molar-refractivity contribution < 1.29 is 14.5 Å². The van der Waals surface area contributed by atoms with Crippen molar-refractivity contribution in [1.82, 2.24) is 5.43 Å². The second kappa shape index (κ2) is 8.24. The van der Waals surface area contributed by atoms with Crippen LogP contribution >= 0.6 is 0 Å². The van der Waals surface area contributed by atoms with Crippen molar-refractivity contribution in [2.75, 3.05) is 6.61 Å². The van der Waals surface area contributed by atoms with Gasteiger partial charge in [0.15, 0.2) is 6.61 Å². The predicted octanol–water partition coefficient (Wildman–Crippen LogP) is 3.42. The van der Waals surface area contributed by atoms with E-state index in [4.69, 9.17) is 4.74 Å². The number of nitrogens with zero attached hydrogens (tertiary/aromatic N) is 2. The van der Waals surface area contributed by atoms with Crippen molar-refractivity contribution in [1.29, 1.82) is 0 Å². The Morgan fingerprint density at radius 2 is 1.77 bits per heavy atom. The zero-order valence-electron chi connectivity index (χ0n) is 14.9. The van der Waals surface area contributed by atoms with E-state index in [1.165, 1.54) is 23.9 Å². The fourth-order valence-corrected chi connectivity index (χ4v) is 2.09. The number of benzene rings is 2. The van der Waals surface area contributed by atoms with Crippen LogP contribution in [0, 0.1) is 10.1 Å². The second-order valence-electron chi connectivity index (χ2n) is 6.70. The quantitative estimate of drug-likeness (QED) is 0.488. The first kappa shape index (κ1) is 19.1. The number of amides is 1. The fourth-order valence-electron chi connectivity index (χ4n) is 2.09. The third-order valence-electron chi connectivity index (χ3n) is 3.60. The van der Waals surface area contributed by atoms with Gasteiger partial charge in [0.05, 0.1) is 11.1 Å². The van der Waals surface area contributed by atoms with E-state index < -0.39 is 10.8 Å². The number of hydrazone groups is 1. The molecule has 0 fully saturated rings. The highest BCUT2D eigenvalue weighted by atomic mass is 16.6. The van der Waals surface area contributed by atoms with Crippen molar-refractivity contribution in [3.8, 4) is 5.75 Å². The summed E-state index contributed by atoms with van der Waals surface area (Å²) >= 11 is 0. The van der Waals surface area contributed by atoms with Crippen LogP contribution in [-0.2, 0) is 10.2 Å². The highest BCUT2D eigenvalue weighted by Crippen LogP contribution is 2.24. The van der Waals surface area contributed by atoms with Crippen LogP contribution in [-0.4, -0.2) is 23.7 Å². The van der Waals surface area contributed by atoms with Crippen LogP contribution < -0.4 is 10.2 Å². The topological polar surface area (TPSA) is 93.8 Å². The van der Waals surface area contributed by atoms with Crippen molar-refractivity contribution in [2.24, 2.45) is 5.10 Å². The molecule has 0 saturated carbocycles. The molecule has 136 valence electrons. The molecule has 1 amide bonds. The van der Waals surface area contributed by atoms with Gasteiger partial charge in [-0.1, -0.05) is 32.9 Å². The van der Waals surface area contributed by atoms with Gasteiger partial charge in [-0.15, -0.1) is 0 Å². The number of nitro benzene ring substituents is 1. The molecule has 26 heavy (non-hydrogen) atoms. The van der Waals surface area contributed by atoms with Crippen LogP contribution in [0.4, 0.5) is 5.69 Å². The minimum absolute atomic E-state index is 0.00272. The third-order valence-corrected chi connectivity index (χ3v) is 3.60. The Labute approximate surface area is 151 Å². The van der Waals surface area contributed by atoms with E-state index >= 15 is 0 Å². The molecule has 1 N–H and O–H groups in total. The van der Waals surface area contributed by atoms with Crippen LogP contribution in [0.2, 0.25) is 0 Å². The van der Waals surface area contributed by atoms with Crippen LogP contribution in [0.25, 0.3) is 0 Å². The first-order valence-electron chi connectivity index (χ1n) is 8.05. The Hall–Kier alpha value is -3.22. The van der Waals surface area contributed by atoms with Crippen LogP contribution in [0.3, 0.4) is 0 Å². The molecule has 0 aliphatic rings. The van der Waals surface area contributed by atoms with E-state index in [9.17, 15) is 14.9 Å². The zero-order valence-corrected chi connectivity index (χ0v) is 14.9. The molecule has 2 rings (SSSR count). The molecule has 0 spiro atoms. The van der Waals surface area contributed by atoms with Crippen molar-refractivity contribution in [2.45, 2.75) is 26.2 Å². The molecule has 0 saturated heterocycles. The second-order valence-corrected chi connectivity index (χ2v) is 6.70. The molecule has 0 atom stereocenters. The van der Waals surface area contributed by atoms with E-state index in [1.807, 2.05) is 24.3 Å². The Morgan fingerprint density at radius 1 is 1.15 bits per heavy atom. The van der Waals surface area contributed by atoms with Gasteiger partial charge in [0.2, 0.25) is 0 Å². The fraction of sp³-hybridized carbons (Fsp3) is 0.263. The molecule has 2 aromatic carbocycles. The first-order valence-corrected chi connectivity index (χ1v) is 8.05. The number of hydrogen-bond acceptors (Lipinski definition) is 5. The predicted molar refractivity (Wildman–Crippen MR) is 99.5 cm³/mol. The van der Waals surface area contributed by atoms with Crippen LogP contribution in [0.5, 0.6) is 5.75 Å². The maximum atomic E-state index is 11.7. The standard InChI is InChI=1S/C19H21N3O4/c1-19(2,3)15-6-10-17(11-7-15)26-13-18(23)21-20-12-14-4-8-16(9-5-14)22(24)25/h4-12H,13H2,1-3H3,(H,21,23)/b20-12+. The molecule has 0 bridgehead atoms. The Balaban J connectivity index is 1.80. The first-order chi connectivity index (χ1) is 12.3. The number of rotatable bonds is 6. The normalized spacial score (nSPS) is 11.3. The third kappa shape index (κ3) is 5.70. The van der Waals surface area contributed by atoms with Crippen molar-refractivity contribution in [3.63, 3.8) is 0 Å². The minimum atomic E-state index is -0.478. The van der Waals surface area contributed by atoms with E-state index in [0.717, 1.165) is 0 Å². The molecule has 0 aliphatic carbocycles. The molecule has 0 heterocycles. The molecule has 7 heteroatoms. The van der Waals surface area contributed by atoms with Crippen molar-refractivity contribution in [3.05, 3.63) is 69.8 Å². The largest absolute Gasteiger partial charge is 0.484 e. The van der Waals surface area contributed by atoms with Crippen LogP contribution in [0.1, 0.15) is 31.9 Å². The monoisotopic (exact) mass is 355 g/mol. The molecule has 2 aromatic rings. The summed E-state index contributed by atoms with van der Waals surface area (Å²) in [6.45, 7) is 6.21. The van der Waals surface area contributed by atoms with Crippen LogP contribution in [0.15, 0.2) is 53.6 Å². The summed E-state index contributed by atoms with van der Waals surface area (Å²) in [6.07, 6.45) is 1.40. The Bertz CT molecular complexity index is 791. The zero-order chi connectivity index (χ0) is 19.2. The lowest BCUT2D eigenvalue weighted by atomic mass is 9.87. The van der Waals surface area contributed by atoms with Gasteiger partial charge in [0.1, 0.15) is 5.75 Å². The van der Waals surface area contributed by atoms with Gasteiger partial charge < -0.3 is 4.74 Å². The molecule has 0 unspecified atom stereocenters. The number of non-ortho nitro benzene ring substituents is 1. The lowest BCUT2D eigenvalue weighted by molar-refractivity contribution is -0.384. The number of nitrogens with one attached hydrogen (secondary N) is 1. The minimum Gasteiger partial charge on any atom is -0.484 e. The Morgan fingerprint density at radius 3 is 2.31 bits per heavy atom. The Kier molecular flexibility index (Phi) is 6.06. The van der Waals surface area contributed by atoms with Gasteiger partial charge in [-0.2, -0.15) is 5.10 Å². The molecule has 0 aliphatic heterocycles. The van der Waals surface area contributed by atoms with Gasteiger partial charge in [0.25, 0.3) is 11.6 Å².